The number of carbonyl (C=O) groups excluding carboxylic acids is 1. The number of benzene rings is 1. The molecule has 0 aromatic heterocycles. The van der Waals surface area contributed by atoms with Crippen LogP contribution in [0.1, 0.15) is 32.8 Å². The number of rotatable bonds is 9. The van der Waals surface area contributed by atoms with Crippen molar-refractivity contribution in [3.8, 4) is 0 Å². The zero-order valence-electron chi connectivity index (χ0n) is 16.6. The third kappa shape index (κ3) is 7.72. The Bertz CT molecular complexity index is 569. The van der Waals surface area contributed by atoms with E-state index in [1.165, 1.54) is 6.08 Å². The molecule has 0 saturated heterocycles. The number of aliphatic hydroxyl groups is 1. The molecule has 1 aromatic carbocycles. The minimum atomic E-state index is -1.95. The van der Waals surface area contributed by atoms with Crippen molar-refractivity contribution in [2.75, 3.05) is 6.61 Å². The van der Waals surface area contributed by atoms with Crippen molar-refractivity contribution in [2.45, 2.75) is 64.1 Å². The lowest BCUT2D eigenvalue weighted by molar-refractivity contribution is 0.119. The largest absolute Gasteiger partial charge is 0.445 e. The number of nitrogens with one attached hydrogen (secondary N) is 1. The summed E-state index contributed by atoms with van der Waals surface area (Å²) in [4.78, 5) is 12.1. The van der Waals surface area contributed by atoms with Crippen LogP contribution in [-0.2, 0) is 15.8 Å². The van der Waals surface area contributed by atoms with Crippen LogP contribution >= 0.6 is 0 Å². The number of amides is 1. The zero-order valence-corrected chi connectivity index (χ0v) is 17.6. The molecule has 0 saturated carbocycles. The van der Waals surface area contributed by atoms with E-state index in [-0.39, 0.29) is 17.7 Å². The summed E-state index contributed by atoms with van der Waals surface area (Å²) in [5.41, 5.74) is 0.919. The number of ether oxygens (including phenoxy) is 1. The number of carbonyl (C=O) groups is 1. The van der Waals surface area contributed by atoms with Crippen LogP contribution in [0, 0.1) is 0 Å². The molecule has 0 fully saturated rings. The molecule has 0 aliphatic carbocycles. The van der Waals surface area contributed by atoms with Gasteiger partial charge in [-0.05, 0) is 30.1 Å². The Hall–Kier alpha value is -1.63. The van der Waals surface area contributed by atoms with Gasteiger partial charge in [0.05, 0.1) is 18.8 Å². The van der Waals surface area contributed by atoms with Crippen LogP contribution in [0.15, 0.2) is 43.0 Å². The summed E-state index contributed by atoms with van der Waals surface area (Å²) in [6, 6.07) is 9.15. The zero-order chi connectivity index (χ0) is 19.8. The Kier molecular flexibility index (Phi) is 8.53. The van der Waals surface area contributed by atoms with Gasteiger partial charge in [0.15, 0.2) is 8.32 Å². The van der Waals surface area contributed by atoms with Crippen molar-refractivity contribution in [1.29, 1.82) is 0 Å². The minimum absolute atomic E-state index is 0.0718. The molecule has 2 atom stereocenters. The summed E-state index contributed by atoms with van der Waals surface area (Å²) < 4.78 is 11.5. The second-order valence-electron chi connectivity index (χ2n) is 8.01. The molecule has 0 aliphatic heterocycles. The van der Waals surface area contributed by atoms with E-state index in [1.54, 1.807) is 0 Å². The van der Waals surface area contributed by atoms with E-state index in [1.807, 2.05) is 30.3 Å². The summed E-state index contributed by atoms with van der Waals surface area (Å²) in [6.45, 7) is 14.9. The third-order valence-corrected chi connectivity index (χ3v) is 9.29. The molecule has 1 rings (SSSR count). The van der Waals surface area contributed by atoms with Gasteiger partial charge in [0, 0.05) is 0 Å². The fourth-order valence-corrected chi connectivity index (χ4v) is 3.06. The first kappa shape index (κ1) is 22.4. The lowest BCUT2D eigenvalue weighted by atomic mass is 10.1. The van der Waals surface area contributed by atoms with Crippen LogP contribution in [0.4, 0.5) is 4.79 Å². The lowest BCUT2D eigenvalue weighted by Gasteiger charge is -2.37. The average Bonchev–Trinajstić information content (AvgIpc) is 2.57. The molecule has 0 unspecified atom stereocenters. The van der Waals surface area contributed by atoms with Gasteiger partial charge in [-0.25, -0.2) is 4.79 Å². The molecule has 2 N–H and O–H groups in total. The van der Waals surface area contributed by atoms with Gasteiger partial charge in [-0.15, -0.1) is 6.58 Å². The quantitative estimate of drug-likeness (QED) is 0.497. The molecule has 5 nitrogen and oxygen atoms in total. The number of hydrogen-bond donors (Lipinski definition) is 2. The van der Waals surface area contributed by atoms with Gasteiger partial charge in [-0.1, -0.05) is 57.2 Å². The van der Waals surface area contributed by atoms with Gasteiger partial charge < -0.3 is 19.6 Å². The van der Waals surface area contributed by atoms with Gasteiger partial charge in [-0.3, -0.25) is 0 Å². The fraction of sp³-hybridized carbons (Fsp3) is 0.550. The second kappa shape index (κ2) is 9.90. The highest BCUT2D eigenvalue weighted by molar-refractivity contribution is 6.74. The first-order valence-corrected chi connectivity index (χ1v) is 11.9. The molecule has 6 heteroatoms. The molecular weight excluding hydrogens is 346 g/mol. The van der Waals surface area contributed by atoms with Crippen LogP contribution in [-0.4, -0.2) is 38.3 Å². The van der Waals surface area contributed by atoms with E-state index in [4.69, 9.17) is 9.16 Å². The minimum Gasteiger partial charge on any atom is -0.445 e. The van der Waals surface area contributed by atoms with E-state index in [0.29, 0.717) is 13.0 Å². The average molecular weight is 380 g/mol. The van der Waals surface area contributed by atoms with Gasteiger partial charge in [-0.2, -0.15) is 0 Å². The smallest absolute Gasteiger partial charge is 0.407 e. The van der Waals surface area contributed by atoms with Crippen molar-refractivity contribution in [3.05, 3.63) is 48.6 Å². The van der Waals surface area contributed by atoms with Crippen molar-refractivity contribution in [2.24, 2.45) is 0 Å². The van der Waals surface area contributed by atoms with E-state index in [2.05, 4.69) is 45.8 Å². The Morgan fingerprint density at radius 2 is 1.92 bits per heavy atom. The summed E-state index contributed by atoms with van der Waals surface area (Å²) >= 11 is 0. The third-order valence-electron chi connectivity index (χ3n) is 4.78. The van der Waals surface area contributed by atoms with Crippen LogP contribution in [0.25, 0.3) is 0 Å². The van der Waals surface area contributed by atoms with Crippen LogP contribution < -0.4 is 5.32 Å². The van der Waals surface area contributed by atoms with E-state index >= 15 is 0 Å². The van der Waals surface area contributed by atoms with Gasteiger partial charge >= 0.3 is 6.09 Å². The van der Waals surface area contributed by atoms with Crippen molar-refractivity contribution < 1.29 is 19.1 Å². The van der Waals surface area contributed by atoms with E-state index in [9.17, 15) is 9.90 Å². The Morgan fingerprint density at radius 3 is 2.46 bits per heavy atom. The maximum Gasteiger partial charge on any atom is 0.407 e. The van der Waals surface area contributed by atoms with Crippen molar-refractivity contribution in [1.82, 2.24) is 5.32 Å². The van der Waals surface area contributed by atoms with Gasteiger partial charge in [0.2, 0.25) is 0 Å². The van der Waals surface area contributed by atoms with Crippen LogP contribution in [0.5, 0.6) is 0 Å². The van der Waals surface area contributed by atoms with Crippen LogP contribution in [0.3, 0.4) is 0 Å². The van der Waals surface area contributed by atoms with E-state index < -0.39 is 20.5 Å². The first-order valence-electron chi connectivity index (χ1n) is 8.97. The molecular formula is C20H33NO4Si. The molecule has 1 aromatic rings. The van der Waals surface area contributed by atoms with Gasteiger partial charge in [0.25, 0.3) is 0 Å². The maximum atomic E-state index is 12.1. The summed E-state index contributed by atoms with van der Waals surface area (Å²) in [7, 11) is -1.95. The summed E-state index contributed by atoms with van der Waals surface area (Å²) in [5, 5.41) is 12.8. The molecule has 0 bridgehead atoms. The van der Waals surface area contributed by atoms with E-state index in [0.717, 1.165) is 5.56 Å². The number of alkyl carbamates (subject to hydrolysis) is 1. The fourth-order valence-electron chi connectivity index (χ4n) is 2.01. The topological polar surface area (TPSA) is 67.8 Å². The second-order valence-corrected chi connectivity index (χ2v) is 12.8. The lowest BCUT2D eigenvalue weighted by Crippen LogP contribution is -2.47. The Morgan fingerprint density at radius 1 is 1.31 bits per heavy atom. The highest BCUT2D eigenvalue weighted by Crippen LogP contribution is 2.36. The maximum absolute atomic E-state index is 12.1. The van der Waals surface area contributed by atoms with Gasteiger partial charge in [0.1, 0.15) is 6.61 Å². The molecule has 0 radical (unpaired) electrons. The normalized spacial score (nSPS) is 14.4. The Balaban J connectivity index is 2.61. The number of hydrogen-bond acceptors (Lipinski definition) is 4. The molecule has 26 heavy (non-hydrogen) atoms. The summed E-state index contributed by atoms with van der Waals surface area (Å²) in [6.07, 6.45) is 0.556. The monoisotopic (exact) mass is 379 g/mol. The predicted molar refractivity (Wildman–Crippen MR) is 108 cm³/mol. The molecule has 146 valence electrons. The molecule has 0 aliphatic rings. The van der Waals surface area contributed by atoms with Crippen molar-refractivity contribution >= 4 is 14.4 Å². The highest BCUT2D eigenvalue weighted by Gasteiger charge is 2.37. The molecule has 0 heterocycles. The molecule has 0 spiro atoms. The van der Waals surface area contributed by atoms with Crippen LogP contribution in [0.2, 0.25) is 18.1 Å². The highest BCUT2D eigenvalue weighted by atomic mass is 28.4. The Labute approximate surface area is 158 Å². The SMILES string of the molecule is C=C[C@H](O)C[C@@H](CO[Si](C)(C)C(C)(C)C)NC(=O)OCc1ccccc1. The molecule has 1 amide bonds. The first-order chi connectivity index (χ1) is 12.0. The summed E-state index contributed by atoms with van der Waals surface area (Å²) in [5.74, 6) is 0. The number of aliphatic hydroxyl groups excluding tert-OH is 1. The van der Waals surface area contributed by atoms with Crippen molar-refractivity contribution in [3.63, 3.8) is 0 Å². The predicted octanol–water partition coefficient (Wildman–Crippen LogP) is 4.24. The standard InChI is InChI=1S/C20H33NO4Si/c1-7-18(22)13-17(15-25-26(5,6)20(2,3)4)21-19(23)24-14-16-11-9-8-10-12-16/h7-12,17-18,22H,1,13-15H2,2-6H3,(H,21,23)/t17-,18-/m0/s1.